The Morgan fingerprint density at radius 3 is 2.50 bits per heavy atom. The third-order valence-electron chi connectivity index (χ3n) is 5.16. The summed E-state index contributed by atoms with van der Waals surface area (Å²) in [5, 5.41) is 19.6. The molecule has 3 atom stereocenters. The van der Waals surface area contributed by atoms with Crippen LogP contribution in [-0.2, 0) is 0 Å². The van der Waals surface area contributed by atoms with Gasteiger partial charge in [-0.15, -0.1) is 0 Å². The average molecular weight is 193 g/mol. The number of rotatable bonds is 1. The van der Waals surface area contributed by atoms with Crippen LogP contribution in [0.2, 0.25) is 0 Å². The molecule has 0 saturated heterocycles. The maximum atomic E-state index is 10.7. The van der Waals surface area contributed by atoms with Crippen LogP contribution in [0.15, 0.2) is 0 Å². The van der Waals surface area contributed by atoms with Crippen molar-refractivity contribution in [1.82, 2.24) is 0 Å². The van der Waals surface area contributed by atoms with Crippen LogP contribution in [0, 0.1) is 28.1 Å². The number of nitrogens with zero attached hydrogens (tertiary/aromatic N) is 1. The lowest BCUT2D eigenvalue weighted by Crippen LogP contribution is -2.53. The van der Waals surface area contributed by atoms with Crippen molar-refractivity contribution >= 4 is 0 Å². The van der Waals surface area contributed by atoms with Crippen LogP contribution >= 0.6 is 0 Å². The minimum Gasteiger partial charge on any atom is -0.388 e. The van der Waals surface area contributed by atoms with Crippen LogP contribution in [0.25, 0.3) is 0 Å². The molecule has 2 bridgehead atoms. The van der Waals surface area contributed by atoms with Crippen molar-refractivity contribution in [2.75, 3.05) is 0 Å². The third kappa shape index (κ3) is 0.846. The van der Waals surface area contributed by atoms with Gasteiger partial charge in [0.05, 0.1) is 18.1 Å². The van der Waals surface area contributed by atoms with Crippen molar-refractivity contribution in [2.45, 2.75) is 52.1 Å². The van der Waals surface area contributed by atoms with Gasteiger partial charge in [-0.25, -0.2) is 0 Å². The van der Waals surface area contributed by atoms with E-state index in [1.807, 2.05) is 0 Å². The molecule has 1 N–H and O–H groups in total. The maximum Gasteiger partial charge on any atom is 0.0883 e. The highest BCUT2D eigenvalue weighted by molar-refractivity contribution is 5.19. The molecular formula is C12H19NO. The fourth-order valence-corrected chi connectivity index (χ4v) is 3.90. The number of hydrogen-bond acceptors (Lipinski definition) is 2. The van der Waals surface area contributed by atoms with Gasteiger partial charge in [0, 0.05) is 0 Å². The molecule has 0 aromatic rings. The minimum absolute atomic E-state index is 0.0170. The lowest BCUT2D eigenvalue weighted by atomic mass is 9.59. The zero-order valence-electron chi connectivity index (χ0n) is 9.30. The summed E-state index contributed by atoms with van der Waals surface area (Å²) in [5.41, 5.74) is -0.871. The second kappa shape index (κ2) is 2.52. The van der Waals surface area contributed by atoms with Crippen LogP contribution in [0.5, 0.6) is 0 Å². The lowest BCUT2D eigenvalue weighted by molar-refractivity contribution is -0.138. The van der Waals surface area contributed by atoms with Crippen molar-refractivity contribution in [3.63, 3.8) is 0 Å². The van der Waals surface area contributed by atoms with Gasteiger partial charge in [-0.3, -0.25) is 0 Å². The molecule has 14 heavy (non-hydrogen) atoms. The normalized spacial score (nSPS) is 49.2. The molecule has 0 heterocycles. The van der Waals surface area contributed by atoms with Gasteiger partial charge in [0.15, 0.2) is 0 Å². The quantitative estimate of drug-likeness (QED) is 0.695. The van der Waals surface area contributed by atoms with Gasteiger partial charge in [-0.2, -0.15) is 5.26 Å². The first-order valence-electron chi connectivity index (χ1n) is 5.47. The summed E-state index contributed by atoms with van der Waals surface area (Å²) >= 11 is 0. The number of aliphatic hydroxyl groups is 1. The first-order chi connectivity index (χ1) is 6.37. The van der Waals surface area contributed by atoms with Gasteiger partial charge in [0.1, 0.15) is 0 Å². The highest BCUT2D eigenvalue weighted by Gasteiger charge is 2.68. The molecule has 0 aromatic carbocycles. The molecule has 2 rings (SSSR count). The van der Waals surface area contributed by atoms with E-state index >= 15 is 0 Å². The highest BCUT2D eigenvalue weighted by Crippen LogP contribution is 2.68. The van der Waals surface area contributed by atoms with E-state index in [-0.39, 0.29) is 17.3 Å². The van der Waals surface area contributed by atoms with Gasteiger partial charge in [0.2, 0.25) is 0 Å². The standard InChI is InChI=1S/C12H19NO/c1-10(2)9-4-5-11(3,8-9)12(10,14)6-7-13/h9,14H,4-6,8H2,1-3H3/t9-,11+,12+/m0/s1. The minimum atomic E-state index is -0.766. The first kappa shape index (κ1) is 9.98. The van der Waals surface area contributed by atoms with E-state index < -0.39 is 5.60 Å². The van der Waals surface area contributed by atoms with Crippen LogP contribution in [0.4, 0.5) is 0 Å². The van der Waals surface area contributed by atoms with Crippen LogP contribution in [0.1, 0.15) is 46.5 Å². The predicted octanol–water partition coefficient (Wildman–Crippen LogP) is 2.48. The van der Waals surface area contributed by atoms with Gasteiger partial charge in [0.25, 0.3) is 0 Å². The second-order valence-electron chi connectivity index (χ2n) is 5.92. The second-order valence-corrected chi connectivity index (χ2v) is 5.92. The van der Waals surface area contributed by atoms with Gasteiger partial charge in [-0.05, 0) is 36.0 Å². The Labute approximate surface area is 85.9 Å². The first-order valence-corrected chi connectivity index (χ1v) is 5.47. The van der Waals surface area contributed by atoms with E-state index in [2.05, 4.69) is 26.8 Å². The topological polar surface area (TPSA) is 44.0 Å². The van der Waals surface area contributed by atoms with Crippen LogP contribution < -0.4 is 0 Å². The van der Waals surface area contributed by atoms with E-state index in [9.17, 15) is 5.11 Å². The molecule has 2 fully saturated rings. The summed E-state index contributed by atoms with van der Waals surface area (Å²) in [6.07, 6.45) is 3.68. The van der Waals surface area contributed by atoms with E-state index in [4.69, 9.17) is 5.26 Å². The summed E-state index contributed by atoms with van der Waals surface area (Å²) in [5.74, 6) is 0.603. The molecule has 0 radical (unpaired) electrons. The largest absolute Gasteiger partial charge is 0.388 e. The van der Waals surface area contributed by atoms with E-state index in [1.54, 1.807) is 0 Å². The summed E-state index contributed by atoms with van der Waals surface area (Å²) in [4.78, 5) is 0. The van der Waals surface area contributed by atoms with Crippen molar-refractivity contribution < 1.29 is 5.11 Å². The van der Waals surface area contributed by atoms with Crippen molar-refractivity contribution in [1.29, 1.82) is 5.26 Å². The summed E-state index contributed by atoms with van der Waals surface area (Å²) in [6.45, 7) is 6.40. The van der Waals surface area contributed by atoms with Crippen molar-refractivity contribution in [2.24, 2.45) is 16.7 Å². The Kier molecular flexibility index (Phi) is 1.80. The smallest absolute Gasteiger partial charge is 0.0883 e. The summed E-state index contributed by atoms with van der Waals surface area (Å²) in [7, 11) is 0. The Morgan fingerprint density at radius 1 is 1.43 bits per heavy atom. The molecule has 0 aliphatic heterocycles. The molecule has 2 aliphatic rings. The molecule has 0 spiro atoms. The fourth-order valence-electron chi connectivity index (χ4n) is 3.90. The Hall–Kier alpha value is -0.550. The molecule has 2 aliphatic carbocycles. The molecule has 0 aromatic heterocycles. The monoisotopic (exact) mass is 193 g/mol. The molecule has 78 valence electrons. The molecule has 0 amide bonds. The van der Waals surface area contributed by atoms with Crippen molar-refractivity contribution in [3.05, 3.63) is 0 Å². The lowest BCUT2D eigenvalue weighted by Gasteiger charge is -2.49. The highest BCUT2D eigenvalue weighted by atomic mass is 16.3. The van der Waals surface area contributed by atoms with Crippen molar-refractivity contribution in [3.8, 4) is 6.07 Å². The molecule has 2 nitrogen and oxygen atoms in total. The number of nitriles is 1. The SMILES string of the molecule is CC1(C)[C@H]2CC[C@](C)(C2)[C@@]1(O)CC#N. The Morgan fingerprint density at radius 2 is 2.07 bits per heavy atom. The molecular weight excluding hydrogens is 174 g/mol. The van der Waals surface area contributed by atoms with E-state index in [1.165, 1.54) is 6.42 Å². The molecule has 2 saturated carbocycles. The predicted molar refractivity (Wildman–Crippen MR) is 54.4 cm³/mol. The van der Waals surface area contributed by atoms with Gasteiger partial charge >= 0.3 is 0 Å². The third-order valence-corrected chi connectivity index (χ3v) is 5.16. The molecule has 0 unspecified atom stereocenters. The maximum absolute atomic E-state index is 10.7. The van der Waals surface area contributed by atoms with Crippen LogP contribution in [0.3, 0.4) is 0 Å². The molecule has 2 heteroatoms. The number of hydrogen-bond donors (Lipinski definition) is 1. The van der Waals surface area contributed by atoms with E-state index in [0.717, 1.165) is 12.8 Å². The summed E-state index contributed by atoms with van der Waals surface area (Å²) < 4.78 is 0. The summed E-state index contributed by atoms with van der Waals surface area (Å²) in [6, 6.07) is 2.17. The van der Waals surface area contributed by atoms with E-state index in [0.29, 0.717) is 5.92 Å². The average Bonchev–Trinajstić information content (AvgIpc) is 2.53. The zero-order valence-corrected chi connectivity index (χ0v) is 9.30. The Balaban J connectivity index is 2.44. The van der Waals surface area contributed by atoms with Gasteiger partial charge < -0.3 is 5.11 Å². The zero-order chi connectivity index (χ0) is 10.6. The van der Waals surface area contributed by atoms with Crippen LogP contribution in [-0.4, -0.2) is 10.7 Å². The van der Waals surface area contributed by atoms with Gasteiger partial charge in [-0.1, -0.05) is 20.8 Å². The Bertz CT molecular complexity index is 297. The fraction of sp³-hybridized carbons (Fsp3) is 0.917. The number of fused-ring (bicyclic) bond motifs is 2.